The highest BCUT2D eigenvalue weighted by Gasteiger charge is 2.09. The lowest BCUT2D eigenvalue weighted by Gasteiger charge is -2.13. The summed E-state index contributed by atoms with van der Waals surface area (Å²) in [5.74, 6) is 0. The Kier molecular flexibility index (Phi) is 5.60. The number of hydrogen-bond acceptors (Lipinski definition) is 2. The summed E-state index contributed by atoms with van der Waals surface area (Å²) in [5, 5.41) is 15.6. The first-order valence-electron chi connectivity index (χ1n) is 6.66. The van der Waals surface area contributed by atoms with Crippen LogP contribution < -0.4 is 10.6 Å². The molecule has 2 aromatic rings. The van der Waals surface area contributed by atoms with Gasteiger partial charge in [-0.25, -0.2) is 4.79 Å². The Hall–Kier alpha value is -2.04. The highest BCUT2D eigenvalue weighted by molar-refractivity contribution is 6.33. The molecule has 0 radical (unpaired) electrons. The third kappa shape index (κ3) is 5.10. The van der Waals surface area contributed by atoms with E-state index >= 15 is 0 Å². The summed E-state index contributed by atoms with van der Waals surface area (Å²) in [6.45, 7) is 0.172. The fourth-order valence-electron chi connectivity index (χ4n) is 1.90. The van der Waals surface area contributed by atoms with Crippen LogP contribution in [0, 0.1) is 0 Å². The number of carbonyl (C=O) groups excluding carboxylic acids is 1. The minimum atomic E-state index is -0.635. The van der Waals surface area contributed by atoms with Gasteiger partial charge in [0.2, 0.25) is 0 Å². The lowest BCUT2D eigenvalue weighted by Crippen LogP contribution is -2.36. The van der Waals surface area contributed by atoms with Crippen LogP contribution in [0.5, 0.6) is 0 Å². The van der Waals surface area contributed by atoms with Gasteiger partial charge in [0.05, 0.1) is 16.8 Å². The summed E-state index contributed by atoms with van der Waals surface area (Å²) >= 11 is 5.95. The van der Waals surface area contributed by atoms with E-state index in [0.29, 0.717) is 17.1 Å². The normalized spacial score (nSPS) is 11.7. The molecule has 0 fully saturated rings. The fraction of sp³-hybridized carbons (Fsp3) is 0.188. The molecule has 1 atom stereocenters. The molecule has 3 N–H and O–H groups in total. The maximum atomic E-state index is 11.7. The Morgan fingerprint density at radius 1 is 1.10 bits per heavy atom. The number of aliphatic hydroxyl groups is 1. The van der Waals surface area contributed by atoms with Crippen molar-refractivity contribution in [1.29, 1.82) is 0 Å². The van der Waals surface area contributed by atoms with E-state index in [1.54, 1.807) is 24.3 Å². The standard InChI is InChI=1S/C16H17ClN2O2/c17-14-8-4-5-9-15(14)19-16(21)18-11-13(20)10-12-6-2-1-3-7-12/h1-9,13,20H,10-11H2,(H2,18,19,21)/t13-/m1/s1. The van der Waals surface area contributed by atoms with Gasteiger partial charge in [-0.3, -0.25) is 0 Å². The van der Waals surface area contributed by atoms with Gasteiger partial charge in [0.25, 0.3) is 0 Å². The quantitative estimate of drug-likeness (QED) is 0.795. The molecule has 0 unspecified atom stereocenters. The summed E-state index contributed by atoms with van der Waals surface area (Å²) in [6.07, 6.45) is -0.142. The largest absolute Gasteiger partial charge is 0.391 e. The second kappa shape index (κ2) is 7.67. The van der Waals surface area contributed by atoms with Crippen LogP contribution in [0.25, 0.3) is 0 Å². The minimum Gasteiger partial charge on any atom is -0.391 e. The molecule has 0 saturated carbocycles. The Labute approximate surface area is 128 Å². The van der Waals surface area contributed by atoms with E-state index in [1.807, 2.05) is 30.3 Å². The molecule has 110 valence electrons. The van der Waals surface area contributed by atoms with Crippen LogP contribution in [0.4, 0.5) is 10.5 Å². The maximum Gasteiger partial charge on any atom is 0.319 e. The molecule has 2 amide bonds. The van der Waals surface area contributed by atoms with Crippen LogP contribution in [-0.4, -0.2) is 23.8 Å². The molecule has 21 heavy (non-hydrogen) atoms. The van der Waals surface area contributed by atoms with Crippen LogP contribution in [0.15, 0.2) is 54.6 Å². The van der Waals surface area contributed by atoms with Crippen molar-refractivity contribution in [1.82, 2.24) is 5.32 Å². The summed E-state index contributed by atoms with van der Waals surface area (Å²) in [7, 11) is 0. The van der Waals surface area contributed by atoms with Gasteiger partial charge in [-0.05, 0) is 17.7 Å². The van der Waals surface area contributed by atoms with E-state index in [4.69, 9.17) is 11.6 Å². The van der Waals surface area contributed by atoms with Crippen molar-refractivity contribution in [2.24, 2.45) is 0 Å². The van der Waals surface area contributed by atoms with Crippen molar-refractivity contribution in [3.8, 4) is 0 Å². The molecular weight excluding hydrogens is 288 g/mol. The number of carbonyl (C=O) groups is 1. The second-order valence-electron chi connectivity index (χ2n) is 4.66. The van der Waals surface area contributed by atoms with Crippen molar-refractivity contribution in [3.63, 3.8) is 0 Å². The molecule has 2 aromatic carbocycles. The third-order valence-electron chi connectivity index (χ3n) is 2.93. The molecule has 5 heteroatoms. The van der Waals surface area contributed by atoms with E-state index in [9.17, 15) is 9.90 Å². The van der Waals surface area contributed by atoms with Crippen LogP contribution in [0.1, 0.15) is 5.56 Å². The lowest BCUT2D eigenvalue weighted by molar-refractivity contribution is 0.172. The van der Waals surface area contributed by atoms with E-state index in [-0.39, 0.29) is 6.54 Å². The summed E-state index contributed by atoms with van der Waals surface area (Å²) in [6, 6.07) is 16.2. The molecule has 0 spiro atoms. The van der Waals surface area contributed by atoms with Gasteiger partial charge in [0.15, 0.2) is 0 Å². The predicted molar refractivity (Wildman–Crippen MR) is 84.6 cm³/mol. The monoisotopic (exact) mass is 304 g/mol. The van der Waals surface area contributed by atoms with Gasteiger partial charge in [-0.15, -0.1) is 0 Å². The molecule has 0 aromatic heterocycles. The number of amides is 2. The van der Waals surface area contributed by atoms with E-state index in [1.165, 1.54) is 0 Å². The number of aliphatic hydroxyl groups excluding tert-OH is 1. The van der Waals surface area contributed by atoms with Crippen molar-refractivity contribution in [3.05, 3.63) is 65.2 Å². The Morgan fingerprint density at radius 3 is 2.48 bits per heavy atom. The molecule has 0 heterocycles. The number of benzene rings is 2. The maximum absolute atomic E-state index is 11.7. The van der Waals surface area contributed by atoms with Crippen molar-refractivity contribution in [2.75, 3.05) is 11.9 Å². The Balaban J connectivity index is 1.77. The van der Waals surface area contributed by atoms with Crippen LogP contribution in [-0.2, 0) is 6.42 Å². The molecule has 0 aliphatic heterocycles. The molecule has 2 rings (SSSR count). The number of para-hydroxylation sites is 1. The van der Waals surface area contributed by atoms with Gasteiger partial charge < -0.3 is 15.7 Å². The average Bonchev–Trinajstić information content (AvgIpc) is 2.49. The number of rotatable bonds is 5. The lowest BCUT2D eigenvalue weighted by atomic mass is 10.1. The third-order valence-corrected chi connectivity index (χ3v) is 3.26. The number of urea groups is 1. The zero-order valence-electron chi connectivity index (χ0n) is 11.4. The van der Waals surface area contributed by atoms with Crippen molar-refractivity contribution in [2.45, 2.75) is 12.5 Å². The highest BCUT2D eigenvalue weighted by Crippen LogP contribution is 2.19. The van der Waals surface area contributed by atoms with E-state index < -0.39 is 12.1 Å². The minimum absolute atomic E-state index is 0.172. The second-order valence-corrected chi connectivity index (χ2v) is 5.07. The zero-order chi connectivity index (χ0) is 15.1. The first-order chi connectivity index (χ1) is 10.1. The van der Waals surface area contributed by atoms with Gasteiger partial charge in [-0.1, -0.05) is 54.1 Å². The first-order valence-corrected chi connectivity index (χ1v) is 7.04. The molecule has 0 bridgehead atoms. The fourth-order valence-corrected chi connectivity index (χ4v) is 2.08. The first kappa shape index (κ1) is 15.4. The van der Waals surface area contributed by atoms with Gasteiger partial charge >= 0.3 is 6.03 Å². The van der Waals surface area contributed by atoms with Crippen LogP contribution in [0.2, 0.25) is 5.02 Å². The molecule has 0 aliphatic rings. The van der Waals surface area contributed by atoms with Gasteiger partial charge in [-0.2, -0.15) is 0 Å². The SMILES string of the molecule is O=C(NC[C@H](O)Cc1ccccc1)Nc1ccccc1Cl. The topological polar surface area (TPSA) is 61.4 Å². The van der Waals surface area contributed by atoms with E-state index in [0.717, 1.165) is 5.56 Å². The summed E-state index contributed by atoms with van der Waals surface area (Å²) in [5.41, 5.74) is 1.56. The van der Waals surface area contributed by atoms with Crippen LogP contribution >= 0.6 is 11.6 Å². The van der Waals surface area contributed by atoms with Gasteiger partial charge in [0, 0.05) is 13.0 Å². The van der Waals surface area contributed by atoms with E-state index in [2.05, 4.69) is 10.6 Å². The summed E-state index contributed by atoms with van der Waals surface area (Å²) < 4.78 is 0. The van der Waals surface area contributed by atoms with Crippen molar-refractivity contribution >= 4 is 23.3 Å². The average molecular weight is 305 g/mol. The zero-order valence-corrected chi connectivity index (χ0v) is 12.2. The molecule has 4 nitrogen and oxygen atoms in total. The number of halogens is 1. The number of nitrogens with one attached hydrogen (secondary N) is 2. The van der Waals surface area contributed by atoms with Crippen LogP contribution in [0.3, 0.4) is 0 Å². The Bertz CT molecular complexity index is 590. The van der Waals surface area contributed by atoms with Gasteiger partial charge in [0.1, 0.15) is 0 Å². The molecule has 0 aliphatic carbocycles. The predicted octanol–water partition coefficient (Wildman–Crippen LogP) is 3.07. The highest BCUT2D eigenvalue weighted by atomic mass is 35.5. The number of hydrogen-bond donors (Lipinski definition) is 3. The number of anilines is 1. The summed E-state index contributed by atoms with van der Waals surface area (Å²) in [4.78, 5) is 11.7. The smallest absolute Gasteiger partial charge is 0.319 e. The Morgan fingerprint density at radius 2 is 1.76 bits per heavy atom. The van der Waals surface area contributed by atoms with Crippen molar-refractivity contribution < 1.29 is 9.90 Å². The molecule has 0 saturated heterocycles. The molecular formula is C16H17ClN2O2.